The van der Waals surface area contributed by atoms with Gasteiger partial charge in [0.05, 0.1) is 11.6 Å². The largest absolute Gasteiger partial charge is 0.772 e. The Bertz CT molecular complexity index is 395. The Hall–Kier alpha value is -1.18. The SMILES string of the molecule is N#Cc1ccc(CCCCCCS(=O)[O-])cc1. The maximum Gasteiger partial charge on any atom is 0.0991 e. The van der Waals surface area contributed by atoms with Crippen LogP contribution in [0.2, 0.25) is 0 Å². The van der Waals surface area contributed by atoms with Gasteiger partial charge in [-0.2, -0.15) is 5.26 Å². The van der Waals surface area contributed by atoms with Crippen LogP contribution in [0.25, 0.3) is 0 Å². The molecule has 1 aromatic carbocycles. The second-order valence-corrected chi connectivity index (χ2v) is 5.00. The summed E-state index contributed by atoms with van der Waals surface area (Å²) < 4.78 is 20.6. The summed E-state index contributed by atoms with van der Waals surface area (Å²) in [6, 6.07) is 9.70. The van der Waals surface area contributed by atoms with Crippen molar-refractivity contribution in [1.82, 2.24) is 0 Å². The molecule has 0 radical (unpaired) electrons. The van der Waals surface area contributed by atoms with E-state index in [-0.39, 0.29) is 5.75 Å². The van der Waals surface area contributed by atoms with Crippen molar-refractivity contribution >= 4 is 11.1 Å². The Kier molecular flexibility index (Phi) is 6.53. The molecule has 1 rings (SSSR count). The first-order chi connectivity index (χ1) is 8.22. The quantitative estimate of drug-likeness (QED) is 0.552. The lowest BCUT2D eigenvalue weighted by atomic mass is 10.1. The molecule has 17 heavy (non-hydrogen) atoms. The fourth-order valence-corrected chi connectivity index (χ4v) is 2.09. The van der Waals surface area contributed by atoms with Gasteiger partial charge in [0, 0.05) is 5.75 Å². The smallest absolute Gasteiger partial charge is 0.0991 e. The van der Waals surface area contributed by atoms with Gasteiger partial charge in [-0.15, -0.1) is 0 Å². The zero-order valence-electron chi connectivity index (χ0n) is 9.72. The summed E-state index contributed by atoms with van der Waals surface area (Å²) in [7, 11) is 0. The molecule has 1 unspecified atom stereocenters. The van der Waals surface area contributed by atoms with E-state index in [1.807, 2.05) is 24.3 Å². The lowest BCUT2D eigenvalue weighted by Gasteiger charge is -2.04. The summed E-state index contributed by atoms with van der Waals surface area (Å²) in [6.45, 7) is 0. The molecule has 1 aromatic rings. The Morgan fingerprint density at radius 3 is 2.35 bits per heavy atom. The number of benzene rings is 1. The number of rotatable bonds is 7. The second-order valence-electron chi connectivity index (χ2n) is 3.98. The van der Waals surface area contributed by atoms with Gasteiger partial charge in [-0.1, -0.05) is 36.1 Å². The molecule has 0 aliphatic carbocycles. The van der Waals surface area contributed by atoms with E-state index in [1.165, 1.54) is 5.56 Å². The van der Waals surface area contributed by atoms with Crippen molar-refractivity contribution in [3.05, 3.63) is 35.4 Å². The molecule has 0 saturated heterocycles. The summed E-state index contributed by atoms with van der Waals surface area (Å²) in [5.41, 5.74) is 1.92. The van der Waals surface area contributed by atoms with Gasteiger partial charge in [-0.05, 0) is 37.0 Å². The zero-order chi connectivity index (χ0) is 12.5. The van der Waals surface area contributed by atoms with Crippen molar-refractivity contribution in [2.24, 2.45) is 0 Å². The molecule has 1 atom stereocenters. The summed E-state index contributed by atoms with van der Waals surface area (Å²) in [5.74, 6) is 0.275. The lowest BCUT2D eigenvalue weighted by Crippen LogP contribution is -1.95. The van der Waals surface area contributed by atoms with E-state index in [0.29, 0.717) is 5.56 Å². The van der Waals surface area contributed by atoms with E-state index in [9.17, 15) is 8.76 Å². The molecule has 0 aromatic heterocycles. The van der Waals surface area contributed by atoms with Crippen LogP contribution in [0.1, 0.15) is 36.8 Å². The highest BCUT2D eigenvalue weighted by atomic mass is 32.2. The molecule has 0 N–H and O–H groups in total. The second kappa shape index (κ2) is 7.99. The van der Waals surface area contributed by atoms with Crippen LogP contribution in [0.4, 0.5) is 0 Å². The first-order valence-electron chi connectivity index (χ1n) is 5.77. The van der Waals surface area contributed by atoms with Crippen molar-refractivity contribution in [3.63, 3.8) is 0 Å². The van der Waals surface area contributed by atoms with Crippen molar-refractivity contribution < 1.29 is 8.76 Å². The number of nitriles is 1. The fourth-order valence-electron chi connectivity index (χ4n) is 1.65. The molecule has 0 aliphatic rings. The molecule has 0 heterocycles. The third kappa shape index (κ3) is 6.20. The van der Waals surface area contributed by atoms with Gasteiger partial charge >= 0.3 is 0 Å². The maximum atomic E-state index is 10.3. The van der Waals surface area contributed by atoms with Crippen LogP contribution in [0.3, 0.4) is 0 Å². The highest BCUT2D eigenvalue weighted by molar-refractivity contribution is 7.79. The van der Waals surface area contributed by atoms with E-state index in [0.717, 1.165) is 32.1 Å². The molecule has 92 valence electrons. The van der Waals surface area contributed by atoms with E-state index < -0.39 is 11.1 Å². The summed E-state index contributed by atoms with van der Waals surface area (Å²) in [4.78, 5) is 0. The molecule has 0 aliphatic heterocycles. The van der Waals surface area contributed by atoms with E-state index in [1.54, 1.807) is 0 Å². The van der Waals surface area contributed by atoms with Gasteiger partial charge in [0.2, 0.25) is 0 Å². The summed E-state index contributed by atoms with van der Waals surface area (Å²) in [5, 5.41) is 8.65. The van der Waals surface area contributed by atoms with Gasteiger partial charge in [0.15, 0.2) is 0 Å². The zero-order valence-corrected chi connectivity index (χ0v) is 10.5. The molecular formula is C13H16NO2S-. The van der Waals surface area contributed by atoms with Gasteiger partial charge in [0.25, 0.3) is 0 Å². The number of hydrogen-bond acceptors (Lipinski definition) is 3. The van der Waals surface area contributed by atoms with Crippen LogP contribution >= 0.6 is 0 Å². The van der Waals surface area contributed by atoms with Crippen LogP contribution in [0, 0.1) is 11.3 Å². The number of unbranched alkanes of at least 4 members (excludes halogenated alkanes) is 3. The van der Waals surface area contributed by atoms with E-state index in [4.69, 9.17) is 5.26 Å². The van der Waals surface area contributed by atoms with Crippen LogP contribution in [0.5, 0.6) is 0 Å². The molecule has 0 amide bonds. The van der Waals surface area contributed by atoms with Crippen molar-refractivity contribution in [3.8, 4) is 6.07 Å². The Morgan fingerprint density at radius 1 is 1.12 bits per heavy atom. The molecule has 0 fully saturated rings. The van der Waals surface area contributed by atoms with Gasteiger partial charge in [-0.3, -0.25) is 4.21 Å². The third-order valence-electron chi connectivity index (χ3n) is 2.61. The van der Waals surface area contributed by atoms with E-state index in [2.05, 4.69) is 6.07 Å². The molecular weight excluding hydrogens is 234 g/mol. The Morgan fingerprint density at radius 2 is 1.76 bits per heavy atom. The lowest BCUT2D eigenvalue weighted by molar-refractivity contribution is 0.532. The first kappa shape index (κ1) is 13.9. The monoisotopic (exact) mass is 250 g/mol. The highest BCUT2D eigenvalue weighted by Gasteiger charge is 1.95. The molecule has 0 saturated carbocycles. The van der Waals surface area contributed by atoms with Crippen molar-refractivity contribution in [2.75, 3.05) is 5.75 Å². The standard InChI is InChI=1S/C13H17NO2S/c14-11-13-8-6-12(7-9-13)5-3-1-2-4-10-17(15)16/h6-9H,1-5,10H2,(H,15,16)/p-1. The van der Waals surface area contributed by atoms with Crippen LogP contribution in [0.15, 0.2) is 24.3 Å². The fraction of sp³-hybridized carbons (Fsp3) is 0.462. The number of nitrogens with zero attached hydrogens (tertiary/aromatic N) is 1. The van der Waals surface area contributed by atoms with Crippen LogP contribution < -0.4 is 0 Å². The van der Waals surface area contributed by atoms with Crippen LogP contribution in [-0.4, -0.2) is 14.5 Å². The Balaban J connectivity index is 2.14. The minimum absolute atomic E-state index is 0.275. The summed E-state index contributed by atoms with van der Waals surface area (Å²) in [6.07, 6.45) is 4.83. The minimum Gasteiger partial charge on any atom is -0.772 e. The number of aryl methyl sites for hydroxylation is 1. The van der Waals surface area contributed by atoms with Gasteiger partial charge < -0.3 is 4.55 Å². The Labute approximate surface area is 105 Å². The van der Waals surface area contributed by atoms with Gasteiger partial charge in [-0.25, -0.2) is 0 Å². The predicted molar refractivity (Wildman–Crippen MR) is 67.1 cm³/mol. The predicted octanol–water partition coefficient (Wildman–Crippen LogP) is 2.54. The molecule has 3 nitrogen and oxygen atoms in total. The highest BCUT2D eigenvalue weighted by Crippen LogP contribution is 2.09. The van der Waals surface area contributed by atoms with Gasteiger partial charge in [0.1, 0.15) is 0 Å². The topological polar surface area (TPSA) is 63.9 Å². The minimum atomic E-state index is -1.89. The van der Waals surface area contributed by atoms with Crippen molar-refractivity contribution in [2.45, 2.75) is 32.1 Å². The van der Waals surface area contributed by atoms with Crippen LogP contribution in [-0.2, 0) is 17.5 Å². The average Bonchev–Trinajstić information content (AvgIpc) is 2.34. The number of hydrogen-bond donors (Lipinski definition) is 0. The summed E-state index contributed by atoms with van der Waals surface area (Å²) >= 11 is -1.89. The molecule has 0 spiro atoms. The molecule has 4 heteroatoms. The average molecular weight is 250 g/mol. The third-order valence-corrected chi connectivity index (χ3v) is 3.23. The maximum absolute atomic E-state index is 10.3. The van der Waals surface area contributed by atoms with Crippen molar-refractivity contribution in [1.29, 1.82) is 5.26 Å². The molecule has 0 bridgehead atoms. The van der Waals surface area contributed by atoms with E-state index >= 15 is 0 Å². The normalized spacial score (nSPS) is 12.0. The first-order valence-corrected chi connectivity index (χ1v) is 7.01.